The molecule has 2 N–H and O–H groups in total. The lowest BCUT2D eigenvalue weighted by molar-refractivity contribution is -0.136. The highest BCUT2D eigenvalue weighted by molar-refractivity contribution is 5.66. The molecule has 1 aromatic carbocycles. The van der Waals surface area contributed by atoms with E-state index >= 15 is 0 Å². The Morgan fingerprint density at radius 2 is 1.95 bits per heavy atom. The molecule has 0 bridgehead atoms. The SMILES string of the molecule is O=C(O)CCN[C@H](CN1CCCC1)c1ccccc1. The Kier molecular flexibility index (Phi) is 5.36. The van der Waals surface area contributed by atoms with Crippen molar-refractivity contribution in [1.82, 2.24) is 10.2 Å². The van der Waals surface area contributed by atoms with Crippen molar-refractivity contribution in [2.45, 2.75) is 25.3 Å². The van der Waals surface area contributed by atoms with E-state index in [4.69, 9.17) is 5.11 Å². The Morgan fingerprint density at radius 1 is 1.26 bits per heavy atom. The summed E-state index contributed by atoms with van der Waals surface area (Å²) in [5.74, 6) is -0.750. The van der Waals surface area contributed by atoms with E-state index in [9.17, 15) is 4.79 Å². The largest absolute Gasteiger partial charge is 0.481 e. The summed E-state index contributed by atoms with van der Waals surface area (Å²) >= 11 is 0. The standard InChI is InChI=1S/C15H22N2O2/c18-15(19)8-9-16-14(12-17-10-4-5-11-17)13-6-2-1-3-7-13/h1-3,6-7,14,16H,4-5,8-12H2,(H,18,19)/t14-/m1/s1. The maximum atomic E-state index is 10.6. The zero-order chi connectivity index (χ0) is 13.5. The highest BCUT2D eigenvalue weighted by Crippen LogP contribution is 2.17. The van der Waals surface area contributed by atoms with Crippen LogP contribution in [0.4, 0.5) is 0 Å². The summed E-state index contributed by atoms with van der Waals surface area (Å²) in [6.07, 6.45) is 2.72. The zero-order valence-electron chi connectivity index (χ0n) is 11.2. The first kappa shape index (κ1) is 14.0. The fourth-order valence-corrected chi connectivity index (χ4v) is 2.55. The lowest BCUT2D eigenvalue weighted by atomic mass is 10.1. The molecular formula is C15H22N2O2. The van der Waals surface area contributed by atoms with E-state index in [1.165, 1.54) is 18.4 Å². The molecule has 0 aromatic heterocycles. The molecule has 0 radical (unpaired) electrons. The lowest BCUT2D eigenvalue weighted by Crippen LogP contribution is -2.34. The molecule has 1 atom stereocenters. The van der Waals surface area contributed by atoms with Crippen LogP contribution in [0.2, 0.25) is 0 Å². The third-order valence-corrected chi connectivity index (χ3v) is 3.57. The molecule has 1 aliphatic rings. The number of carboxylic acids is 1. The van der Waals surface area contributed by atoms with E-state index in [1.54, 1.807) is 0 Å². The second kappa shape index (κ2) is 7.26. The molecular weight excluding hydrogens is 240 g/mol. The van der Waals surface area contributed by atoms with E-state index in [-0.39, 0.29) is 12.5 Å². The zero-order valence-corrected chi connectivity index (χ0v) is 11.2. The predicted molar refractivity (Wildman–Crippen MR) is 75.1 cm³/mol. The van der Waals surface area contributed by atoms with E-state index in [0.29, 0.717) is 6.54 Å². The van der Waals surface area contributed by atoms with Crippen LogP contribution in [0, 0.1) is 0 Å². The summed E-state index contributed by atoms with van der Waals surface area (Å²) < 4.78 is 0. The Morgan fingerprint density at radius 3 is 2.58 bits per heavy atom. The van der Waals surface area contributed by atoms with Gasteiger partial charge < -0.3 is 15.3 Å². The Balaban J connectivity index is 1.93. The minimum Gasteiger partial charge on any atom is -0.481 e. The van der Waals surface area contributed by atoms with E-state index in [2.05, 4.69) is 22.3 Å². The number of hydrogen-bond acceptors (Lipinski definition) is 3. The van der Waals surface area contributed by atoms with Crippen molar-refractivity contribution >= 4 is 5.97 Å². The molecule has 0 unspecified atom stereocenters. The van der Waals surface area contributed by atoms with Crippen molar-refractivity contribution in [3.05, 3.63) is 35.9 Å². The first-order chi connectivity index (χ1) is 9.25. The van der Waals surface area contributed by atoms with Gasteiger partial charge in [0, 0.05) is 19.1 Å². The van der Waals surface area contributed by atoms with Gasteiger partial charge in [0.15, 0.2) is 0 Å². The van der Waals surface area contributed by atoms with Crippen LogP contribution in [0.1, 0.15) is 30.9 Å². The van der Waals surface area contributed by atoms with Gasteiger partial charge in [-0.25, -0.2) is 0 Å². The van der Waals surface area contributed by atoms with Crippen molar-refractivity contribution in [2.24, 2.45) is 0 Å². The van der Waals surface area contributed by atoms with Crippen LogP contribution in [0.25, 0.3) is 0 Å². The fourth-order valence-electron chi connectivity index (χ4n) is 2.55. The number of benzene rings is 1. The predicted octanol–water partition coefficient (Wildman–Crippen LogP) is 1.89. The number of likely N-dealkylation sites (tertiary alicyclic amines) is 1. The molecule has 4 nitrogen and oxygen atoms in total. The number of rotatable bonds is 7. The molecule has 0 amide bonds. The summed E-state index contributed by atoms with van der Waals surface area (Å²) in [6.45, 7) is 3.79. The number of nitrogens with one attached hydrogen (secondary N) is 1. The molecule has 4 heteroatoms. The minimum absolute atomic E-state index is 0.170. The van der Waals surface area contributed by atoms with E-state index in [0.717, 1.165) is 19.6 Å². The monoisotopic (exact) mass is 262 g/mol. The van der Waals surface area contributed by atoms with Crippen molar-refractivity contribution in [2.75, 3.05) is 26.2 Å². The van der Waals surface area contributed by atoms with E-state index in [1.807, 2.05) is 18.2 Å². The quantitative estimate of drug-likeness (QED) is 0.788. The fraction of sp³-hybridized carbons (Fsp3) is 0.533. The maximum Gasteiger partial charge on any atom is 0.304 e. The molecule has 1 saturated heterocycles. The van der Waals surface area contributed by atoms with Crippen LogP contribution in [-0.4, -0.2) is 42.2 Å². The van der Waals surface area contributed by atoms with Crippen LogP contribution in [0.3, 0.4) is 0 Å². The van der Waals surface area contributed by atoms with Gasteiger partial charge in [0.25, 0.3) is 0 Å². The number of carbonyl (C=O) groups is 1. The molecule has 1 fully saturated rings. The van der Waals surface area contributed by atoms with Gasteiger partial charge in [-0.15, -0.1) is 0 Å². The summed E-state index contributed by atoms with van der Waals surface area (Å²) in [5.41, 5.74) is 1.24. The average Bonchev–Trinajstić information content (AvgIpc) is 2.91. The number of nitrogens with zero attached hydrogens (tertiary/aromatic N) is 1. The average molecular weight is 262 g/mol. The van der Waals surface area contributed by atoms with Crippen LogP contribution in [0.15, 0.2) is 30.3 Å². The topological polar surface area (TPSA) is 52.6 Å². The second-order valence-corrected chi connectivity index (χ2v) is 5.07. The Hall–Kier alpha value is -1.39. The molecule has 104 valence electrons. The summed E-state index contributed by atoms with van der Waals surface area (Å²) in [5, 5.41) is 12.1. The highest BCUT2D eigenvalue weighted by atomic mass is 16.4. The van der Waals surface area contributed by atoms with Gasteiger partial charge in [-0.1, -0.05) is 30.3 Å². The van der Waals surface area contributed by atoms with Gasteiger partial charge >= 0.3 is 5.97 Å². The number of hydrogen-bond donors (Lipinski definition) is 2. The van der Waals surface area contributed by atoms with Crippen molar-refractivity contribution < 1.29 is 9.90 Å². The molecule has 1 aliphatic heterocycles. The molecule has 1 aromatic rings. The van der Waals surface area contributed by atoms with Gasteiger partial charge in [-0.3, -0.25) is 4.79 Å². The van der Waals surface area contributed by atoms with Crippen molar-refractivity contribution in [1.29, 1.82) is 0 Å². The van der Waals surface area contributed by atoms with Gasteiger partial charge in [0.2, 0.25) is 0 Å². The van der Waals surface area contributed by atoms with Gasteiger partial charge in [-0.2, -0.15) is 0 Å². The third kappa shape index (κ3) is 4.65. The van der Waals surface area contributed by atoms with Crippen molar-refractivity contribution in [3.8, 4) is 0 Å². The minimum atomic E-state index is -0.750. The molecule has 0 aliphatic carbocycles. The Bertz CT molecular complexity index is 388. The van der Waals surface area contributed by atoms with Crippen molar-refractivity contribution in [3.63, 3.8) is 0 Å². The number of carboxylic acid groups (broad SMARTS) is 1. The van der Waals surface area contributed by atoms with Crippen LogP contribution in [0.5, 0.6) is 0 Å². The van der Waals surface area contributed by atoms with Gasteiger partial charge in [0.05, 0.1) is 6.42 Å². The first-order valence-electron chi connectivity index (χ1n) is 6.98. The van der Waals surface area contributed by atoms with Crippen LogP contribution in [-0.2, 0) is 4.79 Å². The Labute approximate surface area is 114 Å². The summed E-state index contributed by atoms with van der Waals surface area (Å²) in [6, 6.07) is 10.5. The molecule has 0 saturated carbocycles. The summed E-state index contributed by atoms with van der Waals surface area (Å²) in [4.78, 5) is 13.1. The van der Waals surface area contributed by atoms with Crippen LogP contribution >= 0.6 is 0 Å². The molecule has 19 heavy (non-hydrogen) atoms. The molecule has 1 heterocycles. The first-order valence-corrected chi connectivity index (χ1v) is 6.98. The molecule has 2 rings (SSSR count). The van der Waals surface area contributed by atoms with E-state index < -0.39 is 5.97 Å². The second-order valence-electron chi connectivity index (χ2n) is 5.07. The van der Waals surface area contributed by atoms with Gasteiger partial charge in [-0.05, 0) is 31.5 Å². The maximum absolute atomic E-state index is 10.6. The lowest BCUT2D eigenvalue weighted by Gasteiger charge is -2.24. The third-order valence-electron chi connectivity index (χ3n) is 3.57. The van der Waals surface area contributed by atoms with Gasteiger partial charge in [0.1, 0.15) is 0 Å². The smallest absolute Gasteiger partial charge is 0.304 e. The van der Waals surface area contributed by atoms with Crippen LogP contribution < -0.4 is 5.32 Å². The summed E-state index contributed by atoms with van der Waals surface area (Å²) in [7, 11) is 0. The number of aliphatic carboxylic acids is 1. The normalized spacial score (nSPS) is 17.5. The highest BCUT2D eigenvalue weighted by Gasteiger charge is 2.18. The molecule has 0 spiro atoms.